The van der Waals surface area contributed by atoms with Gasteiger partial charge in [0.1, 0.15) is 0 Å². The Balaban J connectivity index is 1.97. The van der Waals surface area contributed by atoms with Crippen LogP contribution in [0.4, 0.5) is 5.69 Å². The van der Waals surface area contributed by atoms with E-state index in [1.807, 2.05) is 30.3 Å². The second-order valence-corrected chi connectivity index (χ2v) is 6.51. The summed E-state index contributed by atoms with van der Waals surface area (Å²) in [6.45, 7) is 0. The molecule has 0 saturated heterocycles. The van der Waals surface area contributed by atoms with Gasteiger partial charge in [0, 0.05) is 18.0 Å². The van der Waals surface area contributed by atoms with Gasteiger partial charge in [-0.05, 0) is 40.1 Å². The monoisotopic (exact) mass is 353 g/mol. The minimum atomic E-state index is -0.165. The molecule has 3 aromatic rings. The van der Waals surface area contributed by atoms with Gasteiger partial charge in [0.05, 0.1) is 12.1 Å². The average Bonchev–Trinajstić information content (AvgIpc) is 2.62. The number of carbonyl (C=O) groups excluding carboxylic acids is 1. The standard InChI is InChI=1S/C20H16ClNO3/c1-25-17-9-12(8-15(21)20(17)24)14-10-18(23)22-16-7-6-11-4-2-3-5-13(11)19(14)16/h2-9,14,24H,10H2,1H3,(H,22,23). The maximum atomic E-state index is 12.2. The molecule has 1 atom stereocenters. The summed E-state index contributed by atoms with van der Waals surface area (Å²) >= 11 is 6.17. The molecule has 25 heavy (non-hydrogen) atoms. The average molecular weight is 354 g/mol. The summed E-state index contributed by atoms with van der Waals surface area (Å²) in [5.41, 5.74) is 2.71. The van der Waals surface area contributed by atoms with Gasteiger partial charge in [-0.25, -0.2) is 0 Å². The highest BCUT2D eigenvalue weighted by atomic mass is 35.5. The van der Waals surface area contributed by atoms with Crippen molar-refractivity contribution in [3.8, 4) is 11.5 Å². The van der Waals surface area contributed by atoms with Gasteiger partial charge in [-0.1, -0.05) is 41.9 Å². The molecule has 4 rings (SSSR count). The molecule has 1 aliphatic rings. The number of ether oxygens (including phenoxy) is 1. The first kappa shape index (κ1) is 15.8. The van der Waals surface area contributed by atoms with Crippen LogP contribution >= 0.6 is 11.6 Å². The molecule has 0 bridgehead atoms. The van der Waals surface area contributed by atoms with Crippen molar-refractivity contribution in [1.82, 2.24) is 0 Å². The Morgan fingerprint density at radius 3 is 2.80 bits per heavy atom. The van der Waals surface area contributed by atoms with Crippen LogP contribution in [0.25, 0.3) is 10.8 Å². The molecule has 0 fully saturated rings. The van der Waals surface area contributed by atoms with Gasteiger partial charge in [-0.3, -0.25) is 4.79 Å². The summed E-state index contributed by atoms with van der Waals surface area (Å²) in [6, 6.07) is 15.5. The topological polar surface area (TPSA) is 58.6 Å². The molecule has 0 aliphatic carbocycles. The van der Waals surface area contributed by atoms with Crippen LogP contribution in [0, 0.1) is 0 Å². The van der Waals surface area contributed by atoms with Crippen LogP contribution in [0.5, 0.6) is 11.5 Å². The largest absolute Gasteiger partial charge is 0.503 e. The summed E-state index contributed by atoms with van der Waals surface area (Å²) in [6.07, 6.45) is 0.311. The van der Waals surface area contributed by atoms with Gasteiger partial charge in [0.15, 0.2) is 11.5 Å². The summed E-state index contributed by atoms with van der Waals surface area (Å²) in [4.78, 5) is 12.2. The summed E-state index contributed by atoms with van der Waals surface area (Å²) < 4.78 is 5.22. The molecular formula is C20H16ClNO3. The Morgan fingerprint density at radius 2 is 2.00 bits per heavy atom. The molecule has 126 valence electrons. The van der Waals surface area contributed by atoms with Crippen molar-refractivity contribution in [2.75, 3.05) is 12.4 Å². The number of halogens is 1. The molecule has 0 saturated carbocycles. The minimum Gasteiger partial charge on any atom is -0.503 e. The van der Waals surface area contributed by atoms with E-state index in [9.17, 15) is 9.90 Å². The van der Waals surface area contributed by atoms with Crippen LogP contribution in [0.15, 0.2) is 48.5 Å². The van der Waals surface area contributed by atoms with E-state index in [0.29, 0.717) is 12.2 Å². The Labute approximate surface area is 150 Å². The van der Waals surface area contributed by atoms with Crippen LogP contribution < -0.4 is 10.1 Å². The van der Waals surface area contributed by atoms with Crippen molar-refractivity contribution >= 4 is 34.0 Å². The molecule has 1 unspecified atom stereocenters. The second-order valence-electron chi connectivity index (χ2n) is 6.11. The van der Waals surface area contributed by atoms with Crippen LogP contribution in [0.3, 0.4) is 0 Å². The normalized spacial score (nSPS) is 16.4. The Bertz CT molecular complexity index is 1000. The van der Waals surface area contributed by atoms with Gasteiger partial charge in [0.2, 0.25) is 5.91 Å². The predicted octanol–water partition coefficient (Wildman–Crippen LogP) is 4.68. The number of nitrogens with one attached hydrogen (secondary N) is 1. The van der Waals surface area contributed by atoms with E-state index in [1.165, 1.54) is 7.11 Å². The predicted molar refractivity (Wildman–Crippen MR) is 98.7 cm³/mol. The van der Waals surface area contributed by atoms with Gasteiger partial charge < -0.3 is 15.2 Å². The first-order valence-electron chi connectivity index (χ1n) is 7.96. The fraction of sp³-hybridized carbons (Fsp3) is 0.150. The highest BCUT2D eigenvalue weighted by Crippen LogP contribution is 2.45. The van der Waals surface area contributed by atoms with E-state index < -0.39 is 0 Å². The number of carbonyl (C=O) groups is 1. The number of amides is 1. The highest BCUT2D eigenvalue weighted by molar-refractivity contribution is 6.32. The number of anilines is 1. The first-order chi connectivity index (χ1) is 12.1. The van der Waals surface area contributed by atoms with Gasteiger partial charge in [-0.15, -0.1) is 0 Å². The van der Waals surface area contributed by atoms with Crippen molar-refractivity contribution in [1.29, 1.82) is 0 Å². The van der Waals surface area contributed by atoms with Crippen LogP contribution in [0.2, 0.25) is 5.02 Å². The van der Waals surface area contributed by atoms with Crippen molar-refractivity contribution in [3.05, 3.63) is 64.7 Å². The maximum absolute atomic E-state index is 12.2. The number of methoxy groups -OCH3 is 1. The lowest BCUT2D eigenvalue weighted by atomic mass is 9.82. The van der Waals surface area contributed by atoms with Crippen LogP contribution in [-0.2, 0) is 4.79 Å². The molecule has 1 aliphatic heterocycles. The molecule has 2 N–H and O–H groups in total. The molecule has 1 heterocycles. The molecule has 4 nitrogen and oxygen atoms in total. The minimum absolute atomic E-state index is 0.0454. The smallest absolute Gasteiger partial charge is 0.225 e. The fourth-order valence-corrected chi connectivity index (χ4v) is 3.72. The van der Waals surface area contributed by atoms with Gasteiger partial charge in [-0.2, -0.15) is 0 Å². The molecule has 3 aromatic carbocycles. The third-order valence-corrected chi connectivity index (χ3v) is 4.94. The zero-order chi connectivity index (χ0) is 17.6. The maximum Gasteiger partial charge on any atom is 0.225 e. The number of hydrogen-bond donors (Lipinski definition) is 2. The Hall–Kier alpha value is -2.72. The molecule has 5 heteroatoms. The van der Waals surface area contributed by atoms with Crippen molar-refractivity contribution in [3.63, 3.8) is 0 Å². The lowest BCUT2D eigenvalue weighted by Crippen LogP contribution is -2.23. The number of phenols is 1. The third-order valence-electron chi connectivity index (χ3n) is 4.66. The van der Waals surface area contributed by atoms with E-state index in [1.54, 1.807) is 12.1 Å². The van der Waals surface area contributed by atoms with Crippen molar-refractivity contribution in [2.24, 2.45) is 0 Å². The van der Waals surface area contributed by atoms with Gasteiger partial charge in [0.25, 0.3) is 0 Å². The summed E-state index contributed by atoms with van der Waals surface area (Å²) in [7, 11) is 1.48. The van der Waals surface area contributed by atoms with E-state index >= 15 is 0 Å². The number of fused-ring (bicyclic) bond motifs is 3. The Morgan fingerprint density at radius 1 is 1.20 bits per heavy atom. The van der Waals surface area contributed by atoms with Crippen molar-refractivity contribution < 1.29 is 14.6 Å². The Kier molecular flexibility index (Phi) is 3.77. The molecule has 0 radical (unpaired) electrons. The summed E-state index contributed by atoms with van der Waals surface area (Å²) in [5.74, 6) is -0.000570. The third kappa shape index (κ3) is 2.59. The second kappa shape index (κ2) is 5.97. The van der Waals surface area contributed by atoms with Crippen LogP contribution in [-0.4, -0.2) is 18.1 Å². The molecule has 0 aromatic heterocycles. The highest BCUT2D eigenvalue weighted by Gasteiger charge is 2.29. The van der Waals surface area contributed by atoms with E-state index in [4.69, 9.17) is 16.3 Å². The number of rotatable bonds is 2. The van der Waals surface area contributed by atoms with E-state index in [0.717, 1.165) is 27.6 Å². The zero-order valence-corrected chi connectivity index (χ0v) is 14.3. The quantitative estimate of drug-likeness (QED) is 0.703. The number of hydrogen-bond acceptors (Lipinski definition) is 3. The van der Waals surface area contributed by atoms with Crippen molar-refractivity contribution in [2.45, 2.75) is 12.3 Å². The van der Waals surface area contributed by atoms with Gasteiger partial charge >= 0.3 is 0 Å². The van der Waals surface area contributed by atoms with E-state index in [-0.39, 0.29) is 22.6 Å². The molecule has 0 spiro atoms. The molecule has 1 amide bonds. The zero-order valence-electron chi connectivity index (χ0n) is 13.5. The van der Waals surface area contributed by atoms with Crippen LogP contribution in [0.1, 0.15) is 23.5 Å². The lowest BCUT2D eigenvalue weighted by Gasteiger charge is -2.28. The number of benzene rings is 3. The summed E-state index contributed by atoms with van der Waals surface area (Å²) in [5, 5.41) is 15.4. The lowest BCUT2D eigenvalue weighted by molar-refractivity contribution is -0.116. The number of phenolic OH excluding ortho intramolecular Hbond substituents is 1. The SMILES string of the molecule is COc1cc(C2CC(=O)Nc3ccc4ccccc4c32)cc(Cl)c1O. The number of aromatic hydroxyl groups is 1. The molecular weight excluding hydrogens is 338 g/mol. The first-order valence-corrected chi connectivity index (χ1v) is 8.34. The fourth-order valence-electron chi connectivity index (χ4n) is 3.50. The van der Waals surface area contributed by atoms with E-state index in [2.05, 4.69) is 11.4 Å².